The molecule has 138 valence electrons. The minimum absolute atomic E-state index is 0.0832. The van der Waals surface area contributed by atoms with Crippen molar-refractivity contribution in [3.63, 3.8) is 0 Å². The van der Waals surface area contributed by atoms with Gasteiger partial charge >= 0.3 is 0 Å². The van der Waals surface area contributed by atoms with Crippen molar-refractivity contribution < 1.29 is 9.21 Å². The van der Waals surface area contributed by atoms with E-state index in [-0.39, 0.29) is 5.91 Å². The van der Waals surface area contributed by atoms with Crippen LogP contribution < -0.4 is 10.2 Å². The number of nitrogens with zero attached hydrogens (tertiary/aromatic N) is 6. The van der Waals surface area contributed by atoms with Crippen LogP contribution in [0.3, 0.4) is 0 Å². The molecule has 3 aromatic heterocycles. The third kappa shape index (κ3) is 4.02. The molecule has 9 heteroatoms. The minimum Gasteiger partial charge on any atom is -0.459 e. The summed E-state index contributed by atoms with van der Waals surface area (Å²) in [6.07, 6.45) is 6.64. The Hall–Kier alpha value is -3.49. The molecule has 1 saturated heterocycles. The molecule has 0 radical (unpaired) electrons. The number of rotatable bonds is 5. The highest BCUT2D eigenvalue weighted by atomic mass is 16.3. The van der Waals surface area contributed by atoms with Crippen LogP contribution in [0.15, 0.2) is 53.5 Å². The van der Waals surface area contributed by atoms with Crippen molar-refractivity contribution >= 4 is 17.7 Å². The van der Waals surface area contributed by atoms with E-state index in [0.717, 1.165) is 11.4 Å². The van der Waals surface area contributed by atoms with Gasteiger partial charge in [0.2, 0.25) is 5.95 Å². The zero-order valence-corrected chi connectivity index (χ0v) is 14.7. The average Bonchev–Trinajstić information content (AvgIpc) is 3.28. The average molecular weight is 365 g/mol. The SMILES string of the molecule is O=C(c1ccco1)N1CCN(c2cnnc(NCc3ccncc3)n2)CC1. The van der Waals surface area contributed by atoms with Gasteiger partial charge in [-0.05, 0) is 29.8 Å². The fourth-order valence-electron chi connectivity index (χ4n) is 2.90. The number of hydrogen-bond donors (Lipinski definition) is 1. The van der Waals surface area contributed by atoms with Gasteiger partial charge in [-0.3, -0.25) is 9.78 Å². The Morgan fingerprint density at radius 1 is 1.15 bits per heavy atom. The van der Waals surface area contributed by atoms with Crippen molar-refractivity contribution in [2.24, 2.45) is 0 Å². The van der Waals surface area contributed by atoms with Crippen LogP contribution in [0, 0.1) is 0 Å². The van der Waals surface area contributed by atoms with Gasteiger partial charge in [-0.15, -0.1) is 5.10 Å². The summed E-state index contributed by atoms with van der Waals surface area (Å²) < 4.78 is 5.19. The number of furan rings is 1. The van der Waals surface area contributed by atoms with E-state index in [2.05, 4.69) is 30.4 Å². The fourth-order valence-corrected chi connectivity index (χ4v) is 2.90. The topological polar surface area (TPSA) is 100 Å². The number of piperazine rings is 1. The lowest BCUT2D eigenvalue weighted by molar-refractivity contribution is 0.0714. The van der Waals surface area contributed by atoms with E-state index >= 15 is 0 Å². The Labute approximate surface area is 156 Å². The van der Waals surface area contributed by atoms with Crippen molar-refractivity contribution in [2.45, 2.75) is 6.54 Å². The maximum Gasteiger partial charge on any atom is 0.289 e. The first kappa shape index (κ1) is 17.0. The summed E-state index contributed by atoms with van der Waals surface area (Å²) in [5.74, 6) is 1.50. The Morgan fingerprint density at radius 2 is 1.96 bits per heavy atom. The predicted octanol–water partition coefficient (Wildman–Crippen LogP) is 1.43. The molecule has 0 bridgehead atoms. The molecule has 1 fully saturated rings. The summed E-state index contributed by atoms with van der Waals surface area (Å²) in [6, 6.07) is 7.26. The van der Waals surface area contributed by atoms with Gasteiger partial charge in [-0.1, -0.05) is 0 Å². The van der Waals surface area contributed by atoms with Gasteiger partial charge in [0.25, 0.3) is 5.91 Å². The van der Waals surface area contributed by atoms with Crippen molar-refractivity contribution in [3.05, 3.63) is 60.4 Å². The third-order valence-electron chi connectivity index (χ3n) is 4.37. The molecule has 1 amide bonds. The van der Waals surface area contributed by atoms with Crippen molar-refractivity contribution in [1.82, 2.24) is 25.1 Å². The number of anilines is 2. The maximum atomic E-state index is 12.3. The van der Waals surface area contributed by atoms with Crippen LogP contribution in [0.4, 0.5) is 11.8 Å². The van der Waals surface area contributed by atoms with Crippen LogP contribution in [-0.4, -0.2) is 57.2 Å². The standard InChI is InChI=1S/C18H19N7O2/c26-17(15-2-1-11-27-15)25-9-7-24(8-10-25)16-13-21-23-18(22-16)20-12-14-3-5-19-6-4-14/h1-6,11,13H,7-10,12H2,(H,20,22,23). The molecular formula is C18H19N7O2. The number of nitrogens with one attached hydrogen (secondary N) is 1. The zero-order valence-electron chi connectivity index (χ0n) is 14.7. The second-order valence-corrected chi connectivity index (χ2v) is 6.10. The van der Waals surface area contributed by atoms with Gasteiger partial charge in [0.1, 0.15) is 0 Å². The molecule has 1 N–H and O–H groups in total. The number of carbonyl (C=O) groups excluding carboxylic acids is 1. The first-order valence-electron chi connectivity index (χ1n) is 8.70. The van der Waals surface area contributed by atoms with E-state index < -0.39 is 0 Å². The lowest BCUT2D eigenvalue weighted by atomic mass is 10.3. The van der Waals surface area contributed by atoms with E-state index in [1.807, 2.05) is 12.1 Å². The summed E-state index contributed by atoms with van der Waals surface area (Å²) >= 11 is 0. The van der Waals surface area contributed by atoms with Crippen molar-refractivity contribution in [2.75, 3.05) is 36.4 Å². The molecule has 0 atom stereocenters. The first-order chi connectivity index (χ1) is 13.3. The molecule has 4 heterocycles. The molecule has 9 nitrogen and oxygen atoms in total. The van der Waals surface area contributed by atoms with Crippen LogP contribution in [-0.2, 0) is 6.54 Å². The van der Waals surface area contributed by atoms with Crippen molar-refractivity contribution in [3.8, 4) is 0 Å². The monoisotopic (exact) mass is 365 g/mol. The van der Waals surface area contributed by atoms with Gasteiger partial charge in [-0.25, -0.2) is 0 Å². The molecule has 3 aromatic rings. The summed E-state index contributed by atoms with van der Waals surface area (Å²) in [4.78, 5) is 24.8. The second kappa shape index (κ2) is 7.81. The predicted molar refractivity (Wildman–Crippen MR) is 98.2 cm³/mol. The molecule has 0 unspecified atom stereocenters. The van der Waals surface area contributed by atoms with E-state index in [1.54, 1.807) is 35.6 Å². The molecule has 1 aliphatic heterocycles. The molecule has 0 saturated carbocycles. The van der Waals surface area contributed by atoms with Crippen LogP contribution in [0.1, 0.15) is 16.1 Å². The van der Waals surface area contributed by atoms with E-state index in [4.69, 9.17) is 4.42 Å². The summed E-state index contributed by atoms with van der Waals surface area (Å²) in [7, 11) is 0. The highest BCUT2D eigenvalue weighted by molar-refractivity contribution is 5.91. The highest BCUT2D eigenvalue weighted by Gasteiger charge is 2.24. The van der Waals surface area contributed by atoms with Gasteiger partial charge < -0.3 is 19.5 Å². The van der Waals surface area contributed by atoms with Crippen molar-refractivity contribution in [1.29, 1.82) is 0 Å². The molecule has 1 aliphatic rings. The fraction of sp³-hybridized carbons (Fsp3) is 0.278. The van der Waals surface area contributed by atoms with E-state index in [1.165, 1.54) is 6.26 Å². The summed E-state index contributed by atoms with van der Waals surface area (Å²) in [5.41, 5.74) is 1.09. The number of amides is 1. The number of hydrogen-bond acceptors (Lipinski definition) is 8. The Balaban J connectivity index is 1.35. The molecule has 27 heavy (non-hydrogen) atoms. The summed E-state index contributed by atoms with van der Waals surface area (Å²) in [6.45, 7) is 3.15. The first-order valence-corrected chi connectivity index (χ1v) is 8.70. The smallest absolute Gasteiger partial charge is 0.289 e. The largest absolute Gasteiger partial charge is 0.459 e. The zero-order chi connectivity index (χ0) is 18.5. The van der Waals surface area contributed by atoms with Crippen LogP contribution in [0.2, 0.25) is 0 Å². The van der Waals surface area contributed by atoms with Crippen LogP contribution in [0.25, 0.3) is 0 Å². The Bertz CT molecular complexity index is 878. The highest BCUT2D eigenvalue weighted by Crippen LogP contribution is 2.16. The lowest BCUT2D eigenvalue weighted by Gasteiger charge is -2.34. The third-order valence-corrected chi connectivity index (χ3v) is 4.37. The van der Waals surface area contributed by atoms with Gasteiger partial charge in [-0.2, -0.15) is 10.1 Å². The molecule has 4 rings (SSSR count). The van der Waals surface area contributed by atoms with Crippen LogP contribution >= 0.6 is 0 Å². The van der Waals surface area contributed by atoms with Gasteiger partial charge in [0, 0.05) is 45.1 Å². The van der Waals surface area contributed by atoms with Crippen LogP contribution in [0.5, 0.6) is 0 Å². The number of carbonyl (C=O) groups is 1. The quantitative estimate of drug-likeness (QED) is 0.725. The molecule has 0 aliphatic carbocycles. The van der Waals surface area contributed by atoms with E-state index in [0.29, 0.717) is 44.4 Å². The normalized spacial score (nSPS) is 14.2. The minimum atomic E-state index is -0.0832. The van der Waals surface area contributed by atoms with Gasteiger partial charge in [0.15, 0.2) is 11.6 Å². The summed E-state index contributed by atoms with van der Waals surface area (Å²) in [5, 5.41) is 11.2. The van der Waals surface area contributed by atoms with E-state index in [9.17, 15) is 4.79 Å². The van der Waals surface area contributed by atoms with Gasteiger partial charge in [0.05, 0.1) is 12.5 Å². The number of pyridine rings is 1. The molecule has 0 spiro atoms. The Kier molecular flexibility index (Phi) is 4.91. The molecule has 0 aromatic carbocycles. The molecular weight excluding hydrogens is 346 g/mol. The second-order valence-electron chi connectivity index (χ2n) is 6.10. The maximum absolute atomic E-state index is 12.3. The Morgan fingerprint density at radius 3 is 2.70 bits per heavy atom. The lowest BCUT2D eigenvalue weighted by Crippen LogP contribution is -2.49. The number of aromatic nitrogens is 4.